The summed E-state index contributed by atoms with van der Waals surface area (Å²) in [6, 6.07) is 2.75. The van der Waals surface area contributed by atoms with Crippen molar-refractivity contribution in [2.45, 2.75) is 17.0 Å². The Morgan fingerprint density at radius 3 is 2.82 bits per heavy atom. The van der Waals surface area contributed by atoms with Gasteiger partial charge in [-0.1, -0.05) is 35.0 Å². The number of primary sulfonamides is 1. The van der Waals surface area contributed by atoms with Gasteiger partial charge in [0, 0.05) is 18.7 Å². The fourth-order valence-corrected chi connectivity index (χ4v) is 5.13. The fourth-order valence-electron chi connectivity index (χ4n) is 2.54. The number of hydrogen-bond donors (Lipinski definition) is 2. The van der Waals surface area contributed by atoms with Crippen LogP contribution in [-0.4, -0.2) is 42.4 Å². The van der Waals surface area contributed by atoms with E-state index in [-0.39, 0.29) is 14.9 Å². The van der Waals surface area contributed by atoms with Gasteiger partial charge in [0.15, 0.2) is 10.9 Å². The van der Waals surface area contributed by atoms with E-state index in [4.69, 9.17) is 28.3 Å². The third kappa shape index (κ3) is 2.61. The van der Waals surface area contributed by atoms with Crippen molar-refractivity contribution in [1.29, 1.82) is 0 Å². The Morgan fingerprint density at radius 2 is 2.14 bits per heavy atom. The van der Waals surface area contributed by atoms with Crippen LogP contribution in [0.3, 0.4) is 0 Å². The largest absolute Gasteiger partial charge is 0.366 e. The van der Waals surface area contributed by atoms with E-state index in [1.807, 2.05) is 0 Å². The average Bonchev–Trinajstić information content (AvgIpc) is 2.80. The normalized spacial score (nSPS) is 25.1. The number of benzene rings is 1. The maximum Gasteiger partial charge on any atom is 0.239 e. The van der Waals surface area contributed by atoms with Crippen LogP contribution < -0.4 is 5.14 Å². The number of hydrogen-bond acceptors (Lipinski definition) is 6. The summed E-state index contributed by atoms with van der Waals surface area (Å²) in [5, 5.41) is 16.9. The van der Waals surface area contributed by atoms with Gasteiger partial charge in [0.2, 0.25) is 10.0 Å². The molecular weight excluding hydrogens is 369 g/mol. The quantitative estimate of drug-likeness (QED) is 0.810. The van der Waals surface area contributed by atoms with Crippen LogP contribution in [0.1, 0.15) is 12.0 Å². The maximum atomic E-state index is 11.7. The third-order valence-corrected chi connectivity index (χ3v) is 6.63. The lowest BCUT2D eigenvalue weighted by atomic mass is 10.0. The van der Waals surface area contributed by atoms with Crippen LogP contribution in [0.2, 0.25) is 10.0 Å². The molecule has 10 heteroatoms. The highest BCUT2D eigenvalue weighted by atomic mass is 35.5. The highest BCUT2D eigenvalue weighted by Gasteiger charge is 2.46. The standard InChI is InChI=1S/C12H13Cl2N3O3S2/c13-8-4-7(5-9(10(8)14)22(15,19)20)12(18)6-21-11-16-2-1-3-17(11)12/h4-5,18H,1-3,6H2,(H2,15,19,20). The highest BCUT2D eigenvalue weighted by Crippen LogP contribution is 2.43. The summed E-state index contributed by atoms with van der Waals surface area (Å²) in [5.74, 6) is 0.327. The molecule has 0 aromatic heterocycles. The molecule has 0 amide bonds. The van der Waals surface area contributed by atoms with Gasteiger partial charge < -0.3 is 10.0 Å². The molecule has 0 spiro atoms. The van der Waals surface area contributed by atoms with Crippen molar-refractivity contribution in [2.24, 2.45) is 10.1 Å². The van der Waals surface area contributed by atoms with Gasteiger partial charge in [0.25, 0.3) is 0 Å². The van der Waals surface area contributed by atoms with Crippen molar-refractivity contribution in [1.82, 2.24) is 4.90 Å². The summed E-state index contributed by atoms with van der Waals surface area (Å²) in [4.78, 5) is 5.83. The Hall–Kier alpha value is -0.510. The smallest absolute Gasteiger partial charge is 0.239 e. The van der Waals surface area contributed by atoms with Gasteiger partial charge >= 0.3 is 0 Å². The number of aliphatic hydroxyl groups is 1. The molecule has 1 atom stereocenters. The SMILES string of the molecule is NS(=O)(=O)c1cc(C2(O)CSC3=NCCCN32)cc(Cl)c1Cl. The van der Waals surface area contributed by atoms with Crippen LogP contribution in [0.15, 0.2) is 22.0 Å². The van der Waals surface area contributed by atoms with E-state index in [0.717, 1.165) is 18.1 Å². The van der Waals surface area contributed by atoms with Gasteiger partial charge in [-0.15, -0.1) is 0 Å². The van der Waals surface area contributed by atoms with Crippen molar-refractivity contribution < 1.29 is 13.5 Å². The van der Waals surface area contributed by atoms with Crippen LogP contribution in [-0.2, 0) is 15.7 Å². The molecule has 120 valence electrons. The monoisotopic (exact) mass is 381 g/mol. The van der Waals surface area contributed by atoms with E-state index in [1.165, 1.54) is 23.9 Å². The molecule has 0 aliphatic carbocycles. The topological polar surface area (TPSA) is 96.0 Å². The van der Waals surface area contributed by atoms with Crippen LogP contribution in [0.25, 0.3) is 0 Å². The number of nitrogens with two attached hydrogens (primary N) is 1. The first-order valence-corrected chi connectivity index (χ1v) is 9.72. The minimum Gasteiger partial charge on any atom is -0.366 e. The van der Waals surface area contributed by atoms with Crippen molar-refractivity contribution in [2.75, 3.05) is 18.8 Å². The van der Waals surface area contributed by atoms with Gasteiger partial charge in [-0.25, -0.2) is 13.6 Å². The lowest BCUT2D eigenvalue weighted by molar-refractivity contribution is -0.0498. The minimum atomic E-state index is -4.05. The van der Waals surface area contributed by atoms with E-state index in [2.05, 4.69) is 4.99 Å². The lowest BCUT2D eigenvalue weighted by Gasteiger charge is -2.36. The second-order valence-corrected chi connectivity index (χ2v) is 8.35. The zero-order valence-electron chi connectivity index (χ0n) is 11.3. The molecule has 3 rings (SSSR count). The van der Waals surface area contributed by atoms with Gasteiger partial charge in [0.05, 0.1) is 15.8 Å². The number of nitrogens with zero attached hydrogens (tertiary/aromatic N) is 2. The van der Waals surface area contributed by atoms with E-state index < -0.39 is 15.7 Å². The molecule has 2 heterocycles. The molecule has 1 saturated heterocycles. The first kappa shape index (κ1) is 16.4. The summed E-state index contributed by atoms with van der Waals surface area (Å²) >= 11 is 13.4. The highest BCUT2D eigenvalue weighted by molar-refractivity contribution is 8.14. The van der Waals surface area contributed by atoms with Crippen LogP contribution in [0.5, 0.6) is 0 Å². The molecule has 1 aromatic carbocycles. The van der Waals surface area contributed by atoms with Crippen LogP contribution in [0, 0.1) is 0 Å². The summed E-state index contributed by atoms with van der Waals surface area (Å²) in [6.07, 6.45) is 0.815. The molecule has 2 aliphatic heterocycles. The number of halogens is 2. The first-order chi connectivity index (χ1) is 10.2. The molecule has 0 saturated carbocycles. The van der Waals surface area contributed by atoms with Crippen molar-refractivity contribution in [3.05, 3.63) is 27.7 Å². The molecular formula is C12H13Cl2N3O3S2. The number of rotatable bonds is 2. The van der Waals surface area contributed by atoms with Gasteiger partial charge in [-0.2, -0.15) is 0 Å². The van der Waals surface area contributed by atoms with Crippen LogP contribution >= 0.6 is 35.0 Å². The zero-order chi connectivity index (χ0) is 16.1. The number of amidine groups is 1. The molecule has 0 bridgehead atoms. The molecule has 1 fully saturated rings. The first-order valence-electron chi connectivity index (χ1n) is 6.43. The molecule has 1 aromatic rings. The molecule has 22 heavy (non-hydrogen) atoms. The van der Waals surface area contributed by atoms with E-state index in [1.54, 1.807) is 4.90 Å². The van der Waals surface area contributed by atoms with Crippen molar-refractivity contribution in [3.63, 3.8) is 0 Å². The Morgan fingerprint density at radius 1 is 1.41 bits per heavy atom. The van der Waals surface area contributed by atoms with Gasteiger partial charge in [0.1, 0.15) is 4.90 Å². The Kier molecular flexibility index (Phi) is 4.12. The Balaban J connectivity index is 2.15. The third-order valence-electron chi connectivity index (χ3n) is 3.63. The van der Waals surface area contributed by atoms with Crippen molar-refractivity contribution in [3.8, 4) is 0 Å². The number of aliphatic imine (C=N–C) groups is 1. The zero-order valence-corrected chi connectivity index (χ0v) is 14.4. The Labute approximate surface area is 142 Å². The summed E-state index contributed by atoms with van der Waals surface area (Å²) in [6.45, 7) is 1.35. The van der Waals surface area contributed by atoms with Crippen LogP contribution in [0.4, 0.5) is 0 Å². The fraction of sp³-hybridized carbons (Fsp3) is 0.417. The second-order valence-electron chi connectivity index (χ2n) is 5.09. The van der Waals surface area contributed by atoms with Gasteiger partial charge in [-0.3, -0.25) is 4.99 Å². The molecule has 6 nitrogen and oxygen atoms in total. The predicted molar refractivity (Wildman–Crippen MR) is 87.8 cm³/mol. The Bertz CT molecular complexity index is 769. The van der Waals surface area contributed by atoms with E-state index in [0.29, 0.717) is 17.9 Å². The second kappa shape index (κ2) is 5.54. The summed E-state index contributed by atoms with van der Waals surface area (Å²) in [7, 11) is -4.05. The average molecular weight is 382 g/mol. The molecule has 0 radical (unpaired) electrons. The van der Waals surface area contributed by atoms with E-state index in [9.17, 15) is 13.5 Å². The van der Waals surface area contributed by atoms with Gasteiger partial charge in [-0.05, 0) is 18.6 Å². The minimum absolute atomic E-state index is 0.0315. The lowest BCUT2D eigenvalue weighted by Crippen LogP contribution is -2.47. The molecule has 3 N–H and O–H groups in total. The number of sulfonamides is 1. The maximum absolute atomic E-state index is 11.7. The molecule has 2 aliphatic rings. The summed E-state index contributed by atoms with van der Waals surface area (Å²) in [5.41, 5.74) is -1.04. The molecule has 1 unspecified atom stereocenters. The van der Waals surface area contributed by atoms with E-state index >= 15 is 0 Å². The predicted octanol–water partition coefficient (Wildman–Crippen LogP) is 1.59. The summed E-state index contributed by atoms with van der Waals surface area (Å²) < 4.78 is 23.3. The van der Waals surface area contributed by atoms with Crippen molar-refractivity contribution >= 4 is 50.2 Å². The number of thioether (sulfide) groups is 1. The number of fused-ring (bicyclic) bond motifs is 1.